The molecule has 0 spiro atoms. The molecule has 2 nitrogen and oxygen atoms in total. The zero-order chi connectivity index (χ0) is 8.69. The largest absolute Gasteiger partial charge is 0.307 e. The van der Waals surface area contributed by atoms with Crippen LogP contribution in [0.5, 0.6) is 0 Å². The van der Waals surface area contributed by atoms with Gasteiger partial charge in [-0.05, 0) is 11.5 Å². The van der Waals surface area contributed by atoms with Crippen molar-refractivity contribution in [3.8, 4) is 0 Å². The van der Waals surface area contributed by atoms with Gasteiger partial charge >= 0.3 is 0 Å². The third-order valence-corrected chi connectivity index (χ3v) is 1.74. The van der Waals surface area contributed by atoms with Crippen LogP contribution >= 0.6 is 11.5 Å². The van der Waals surface area contributed by atoms with Gasteiger partial charge in [-0.25, -0.2) is 0 Å². The Morgan fingerprint density at radius 1 is 1.64 bits per heavy atom. The molecule has 0 aliphatic carbocycles. The molecule has 0 fully saturated rings. The fourth-order valence-corrected chi connectivity index (χ4v) is 1.09. The number of nitrogens with one attached hydrogen (secondary N) is 1. The van der Waals surface area contributed by atoms with E-state index >= 15 is 0 Å². The Kier molecular flexibility index (Phi) is 5.29. The van der Waals surface area contributed by atoms with Gasteiger partial charge in [-0.15, -0.1) is 0 Å². The summed E-state index contributed by atoms with van der Waals surface area (Å²) in [5.41, 5.74) is 0.940. The first-order valence-corrected chi connectivity index (χ1v) is 4.23. The molecule has 0 radical (unpaired) electrons. The lowest BCUT2D eigenvalue weighted by Crippen LogP contribution is -1.72. The van der Waals surface area contributed by atoms with Gasteiger partial charge < -0.3 is 5.41 Å². The molecule has 0 saturated carbocycles. The number of hydrogen-bond donors (Lipinski definition) is 1. The summed E-state index contributed by atoms with van der Waals surface area (Å²) in [5.74, 6) is 0. The van der Waals surface area contributed by atoms with E-state index < -0.39 is 0 Å². The van der Waals surface area contributed by atoms with Crippen LogP contribution < -0.4 is 0 Å². The van der Waals surface area contributed by atoms with Gasteiger partial charge in [0.2, 0.25) is 0 Å². The van der Waals surface area contributed by atoms with E-state index in [-0.39, 0.29) is 0 Å². The van der Waals surface area contributed by atoms with E-state index in [9.17, 15) is 0 Å². The van der Waals surface area contributed by atoms with Crippen molar-refractivity contribution in [1.29, 1.82) is 5.41 Å². The average Bonchev–Trinajstić information content (AvgIpc) is 2.54. The molecule has 60 valence electrons. The molecule has 3 heteroatoms. The normalized spacial score (nSPS) is 7.82. The lowest BCUT2D eigenvalue weighted by atomic mass is 10.3. The summed E-state index contributed by atoms with van der Waals surface area (Å²) < 4.78 is 3.88. The summed E-state index contributed by atoms with van der Waals surface area (Å²) in [6, 6.07) is 0. The van der Waals surface area contributed by atoms with Crippen molar-refractivity contribution in [2.45, 2.75) is 13.8 Å². The fourth-order valence-electron chi connectivity index (χ4n) is 0.519. The Morgan fingerprint density at radius 3 is 2.64 bits per heavy atom. The summed E-state index contributed by atoms with van der Waals surface area (Å²) in [6.45, 7) is 7.58. The average molecular weight is 168 g/mol. The number of aromatic nitrogens is 1. The second kappa shape index (κ2) is 5.80. The maximum Gasteiger partial charge on any atom is 0.0725 e. The Hall–Kier alpha value is -0.960. The van der Waals surface area contributed by atoms with Crippen molar-refractivity contribution in [3.63, 3.8) is 0 Å². The Morgan fingerprint density at radius 2 is 2.27 bits per heavy atom. The molecule has 1 N–H and O–H groups in total. The molecule has 0 saturated heterocycles. The van der Waals surface area contributed by atoms with Crippen LogP contribution in [-0.4, -0.2) is 10.6 Å². The highest BCUT2D eigenvalue weighted by Gasteiger charge is 1.95. The molecule has 0 aromatic carbocycles. The van der Waals surface area contributed by atoms with E-state index in [4.69, 9.17) is 5.41 Å². The third-order valence-electron chi connectivity index (χ3n) is 0.978. The monoisotopic (exact) mass is 168 g/mol. The zero-order valence-corrected chi connectivity index (χ0v) is 7.61. The smallest absolute Gasteiger partial charge is 0.0725 e. The van der Waals surface area contributed by atoms with Crippen LogP contribution in [0.25, 0.3) is 6.08 Å². The first kappa shape index (κ1) is 10.0. The van der Waals surface area contributed by atoms with Gasteiger partial charge in [0.25, 0.3) is 0 Å². The quantitative estimate of drug-likeness (QED) is 0.677. The van der Waals surface area contributed by atoms with Crippen molar-refractivity contribution < 1.29 is 0 Å². The molecule has 0 atom stereocenters. The van der Waals surface area contributed by atoms with E-state index in [1.807, 2.05) is 13.8 Å². The number of hydrogen-bond acceptors (Lipinski definition) is 3. The molecule has 0 bridgehead atoms. The number of nitrogens with zero attached hydrogens (tertiary/aromatic N) is 1. The number of rotatable bonds is 2. The van der Waals surface area contributed by atoms with Crippen LogP contribution in [-0.2, 0) is 0 Å². The standard InChI is InChI=1S/C6H6N2S.C2H6/c1-2-5-4-8-9-6(5)3-7;1-2/h2-4,7H,1H2;1-2H3. The topological polar surface area (TPSA) is 36.7 Å². The SMILES string of the molecule is C=Cc1cnsc1C=N.CC. The van der Waals surface area contributed by atoms with Gasteiger partial charge in [-0.3, -0.25) is 0 Å². The molecule has 1 aromatic heterocycles. The van der Waals surface area contributed by atoms with E-state index in [2.05, 4.69) is 11.0 Å². The second-order valence-corrected chi connectivity index (χ2v) is 2.33. The highest BCUT2D eigenvalue weighted by atomic mass is 32.1. The molecule has 11 heavy (non-hydrogen) atoms. The van der Waals surface area contributed by atoms with Crippen molar-refractivity contribution in [3.05, 3.63) is 23.2 Å². The Balaban J connectivity index is 0.000000461. The van der Waals surface area contributed by atoms with Crippen molar-refractivity contribution in [2.24, 2.45) is 0 Å². The molecule has 0 unspecified atom stereocenters. The fraction of sp³-hybridized carbons (Fsp3) is 0.250. The van der Waals surface area contributed by atoms with E-state index in [1.165, 1.54) is 17.7 Å². The van der Waals surface area contributed by atoms with Gasteiger partial charge in [0.15, 0.2) is 0 Å². The molecule has 1 aromatic rings. The highest BCUT2D eigenvalue weighted by molar-refractivity contribution is 7.07. The minimum Gasteiger partial charge on any atom is -0.307 e. The first-order valence-electron chi connectivity index (χ1n) is 3.46. The van der Waals surface area contributed by atoms with Crippen LogP contribution in [0.3, 0.4) is 0 Å². The molecule has 1 rings (SSSR count). The lowest BCUT2D eigenvalue weighted by Gasteiger charge is -1.81. The van der Waals surface area contributed by atoms with Crippen LogP contribution in [0.2, 0.25) is 0 Å². The molecular weight excluding hydrogens is 156 g/mol. The minimum absolute atomic E-state index is 0.866. The summed E-state index contributed by atoms with van der Waals surface area (Å²) in [4.78, 5) is 0.866. The molecule has 1 heterocycles. The van der Waals surface area contributed by atoms with Gasteiger partial charge in [0, 0.05) is 18.0 Å². The summed E-state index contributed by atoms with van der Waals surface area (Å²) in [6.07, 6.45) is 4.69. The summed E-state index contributed by atoms with van der Waals surface area (Å²) in [7, 11) is 0. The molecule has 0 aliphatic rings. The van der Waals surface area contributed by atoms with Gasteiger partial charge in [-0.1, -0.05) is 26.5 Å². The molecule has 0 aliphatic heterocycles. The zero-order valence-electron chi connectivity index (χ0n) is 6.79. The van der Waals surface area contributed by atoms with Crippen LogP contribution in [0, 0.1) is 5.41 Å². The van der Waals surface area contributed by atoms with Crippen LogP contribution in [0.4, 0.5) is 0 Å². The van der Waals surface area contributed by atoms with Crippen molar-refractivity contribution in [2.75, 3.05) is 0 Å². The van der Waals surface area contributed by atoms with Crippen LogP contribution in [0.15, 0.2) is 12.8 Å². The second-order valence-electron chi connectivity index (χ2n) is 1.49. The lowest BCUT2D eigenvalue weighted by molar-refractivity contribution is 1.50. The van der Waals surface area contributed by atoms with E-state index in [0.29, 0.717) is 0 Å². The van der Waals surface area contributed by atoms with Gasteiger partial charge in [0.1, 0.15) is 0 Å². The van der Waals surface area contributed by atoms with Gasteiger partial charge in [-0.2, -0.15) is 4.37 Å². The summed E-state index contributed by atoms with van der Waals surface area (Å²) >= 11 is 1.31. The predicted molar refractivity (Wildman–Crippen MR) is 51.4 cm³/mol. The minimum atomic E-state index is 0.866. The third kappa shape index (κ3) is 2.63. The predicted octanol–water partition coefficient (Wildman–Crippen LogP) is 2.81. The van der Waals surface area contributed by atoms with Crippen LogP contribution in [0.1, 0.15) is 24.3 Å². The molecule has 0 amide bonds. The Labute approximate surface area is 71.3 Å². The van der Waals surface area contributed by atoms with Crippen molar-refractivity contribution >= 4 is 23.8 Å². The molecular formula is C8H12N2S. The maximum absolute atomic E-state index is 6.90. The summed E-state index contributed by atoms with van der Waals surface area (Å²) in [5, 5.41) is 6.90. The Bertz CT molecular complexity index is 205. The van der Waals surface area contributed by atoms with Crippen molar-refractivity contribution in [1.82, 2.24) is 4.37 Å². The first-order chi connectivity index (χ1) is 5.38. The van der Waals surface area contributed by atoms with E-state index in [1.54, 1.807) is 12.3 Å². The maximum atomic E-state index is 6.90. The van der Waals surface area contributed by atoms with Gasteiger partial charge in [0.05, 0.1) is 4.88 Å². The highest BCUT2D eigenvalue weighted by Crippen LogP contribution is 2.10. The van der Waals surface area contributed by atoms with E-state index in [0.717, 1.165) is 10.4 Å².